The molecule has 2 aromatic carbocycles. The highest BCUT2D eigenvalue weighted by atomic mass is 16.1. The summed E-state index contributed by atoms with van der Waals surface area (Å²) in [6.45, 7) is 3.80. The molecule has 4 heteroatoms. The summed E-state index contributed by atoms with van der Waals surface area (Å²) in [6.07, 6.45) is 3.27. The van der Waals surface area contributed by atoms with Crippen molar-refractivity contribution >= 4 is 28.3 Å². The zero-order valence-corrected chi connectivity index (χ0v) is 15.1. The van der Waals surface area contributed by atoms with E-state index in [1.807, 2.05) is 12.1 Å². The van der Waals surface area contributed by atoms with E-state index in [2.05, 4.69) is 23.3 Å². The maximum absolute atomic E-state index is 12.9. The van der Waals surface area contributed by atoms with Crippen LogP contribution in [0.2, 0.25) is 0 Å². The van der Waals surface area contributed by atoms with Gasteiger partial charge in [-0.05, 0) is 55.9 Å². The van der Waals surface area contributed by atoms with Crippen LogP contribution in [0, 0.1) is 5.92 Å². The van der Waals surface area contributed by atoms with Gasteiger partial charge in [0.1, 0.15) is 0 Å². The number of benzene rings is 2. The molecule has 1 aliphatic carbocycles. The lowest BCUT2D eigenvalue weighted by Crippen LogP contribution is -2.12. The van der Waals surface area contributed by atoms with E-state index in [1.165, 1.54) is 24.6 Å². The molecule has 3 aromatic rings. The number of carbonyl (C=O) groups excluding carboxylic acids is 2. The first-order valence-corrected chi connectivity index (χ1v) is 9.07. The highest BCUT2D eigenvalue weighted by molar-refractivity contribution is 6.13. The van der Waals surface area contributed by atoms with E-state index in [1.54, 1.807) is 24.3 Å². The maximum Gasteiger partial charge on any atom is 0.257 e. The zero-order chi connectivity index (χ0) is 18.3. The second-order valence-electron chi connectivity index (χ2n) is 7.25. The van der Waals surface area contributed by atoms with Crippen molar-refractivity contribution < 1.29 is 9.59 Å². The molecule has 0 aliphatic heterocycles. The Balaban J connectivity index is 1.69. The number of rotatable bonds is 3. The van der Waals surface area contributed by atoms with Gasteiger partial charge in [-0.1, -0.05) is 31.2 Å². The Labute approximate surface area is 152 Å². The first kappa shape index (κ1) is 16.6. The van der Waals surface area contributed by atoms with Crippen molar-refractivity contribution in [3.05, 3.63) is 64.8 Å². The predicted octanol–water partition coefficient (Wildman–Crippen LogP) is 4.75. The number of anilines is 1. The van der Waals surface area contributed by atoms with E-state index in [-0.39, 0.29) is 11.7 Å². The molecular weight excluding hydrogens is 324 g/mol. The van der Waals surface area contributed by atoms with Gasteiger partial charge < -0.3 is 10.3 Å². The van der Waals surface area contributed by atoms with Crippen LogP contribution in [0.3, 0.4) is 0 Å². The number of ketones is 1. The van der Waals surface area contributed by atoms with Gasteiger partial charge in [-0.3, -0.25) is 9.59 Å². The second-order valence-corrected chi connectivity index (χ2v) is 7.25. The van der Waals surface area contributed by atoms with Gasteiger partial charge in [0.05, 0.1) is 11.1 Å². The van der Waals surface area contributed by atoms with Gasteiger partial charge in [0, 0.05) is 22.3 Å². The lowest BCUT2D eigenvalue weighted by atomic mass is 9.87. The Morgan fingerprint density at radius 3 is 2.77 bits per heavy atom. The number of H-pyrrole nitrogens is 1. The number of aromatic nitrogens is 1. The summed E-state index contributed by atoms with van der Waals surface area (Å²) in [4.78, 5) is 27.9. The van der Waals surface area contributed by atoms with Gasteiger partial charge in [0.2, 0.25) is 0 Å². The summed E-state index contributed by atoms with van der Waals surface area (Å²) >= 11 is 0. The molecule has 0 fully saturated rings. The normalized spacial score (nSPS) is 16.3. The molecule has 0 radical (unpaired) electrons. The van der Waals surface area contributed by atoms with Crippen LogP contribution in [0.15, 0.2) is 42.5 Å². The molecule has 1 amide bonds. The molecule has 132 valence electrons. The minimum Gasteiger partial charge on any atom is -0.358 e. The molecule has 4 nitrogen and oxygen atoms in total. The van der Waals surface area contributed by atoms with Crippen LogP contribution in [0.4, 0.5) is 5.69 Å². The first-order valence-electron chi connectivity index (χ1n) is 9.07. The molecule has 2 N–H and O–H groups in total. The molecule has 4 rings (SSSR count). The van der Waals surface area contributed by atoms with E-state index < -0.39 is 0 Å². The van der Waals surface area contributed by atoms with E-state index in [4.69, 9.17) is 0 Å². The number of hydrogen-bond acceptors (Lipinski definition) is 2. The topological polar surface area (TPSA) is 62.0 Å². The van der Waals surface area contributed by atoms with Crippen molar-refractivity contribution in [2.45, 2.75) is 33.1 Å². The Kier molecular flexibility index (Phi) is 4.11. The summed E-state index contributed by atoms with van der Waals surface area (Å²) in [5.74, 6) is 0.491. The average Bonchev–Trinajstić information content (AvgIpc) is 2.99. The molecule has 1 aromatic heterocycles. The van der Waals surface area contributed by atoms with Crippen LogP contribution >= 0.6 is 0 Å². The molecule has 1 atom stereocenters. The molecule has 0 spiro atoms. The van der Waals surface area contributed by atoms with E-state index >= 15 is 0 Å². The van der Waals surface area contributed by atoms with E-state index in [9.17, 15) is 9.59 Å². The van der Waals surface area contributed by atoms with E-state index in [0.717, 1.165) is 23.7 Å². The Morgan fingerprint density at radius 1 is 1.15 bits per heavy atom. The number of nitrogens with one attached hydrogen (secondary N) is 2. The van der Waals surface area contributed by atoms with E-state index in [0.29, 0.717) is 22.7 Å². The van der Waals surface area contributed by atoms with Gasteiger partial charge >= 0.3 is 0 Å². The van der Waals surface area contributed by atoms with Crippen molar-refractivity contribution in [2.75, 3.05) is 5.32 Å². The lowest BCUT2D eigenvalue weighted by Gasteiger charge is -2.17. The molecule has 1 aliphatic rings. The SMILES string of the molecule is CC(=O)c1cccc(NC(=O)c2cccc3c4c([nH]c23)CCC(C)C4)c1. The smallest absolute Gasteiger partial charge is 0.257 e. The predicted molar refractivity (Wildman–Crippen MR) is 104 cm³/mol. The Hall–Kier alpha value is -2.88. The van der Waals surface area contributed by atoms with Crippen molar-refractivity contribution in [3.8, 4) is 0 Å². The molecule has 1 heterocycles. The quantitative estimate of drug-likeness (QED) is 0.672. The average molecular weight is 346 g/mol. The molecule has 0 saturated carbocycles. The summed E-state index contributed by atoms with van der Waals surface area (Å²) in [7, 11) is 0. The van der Waals surface area contributed by atoms with Gasteiger partial charge in [0.15, 0.2) is 5.78 Å². The third-order valence-electron chi connectivity index (χ3n) is 5.24. The number of aromatic amines is 1. The number of fused-ring (bicyclic) bond motifs is 3. The number of Topliss-reactive ketones (excluding diaryl/α,β-unsaturated/α-hetero) is 1. The molecule has 0 saturated heterocycles. The standard InChI is InChI=1S/C22H22N2O2/c1-13-9-10-20-19(11-13)17-7-4-8-18(21(17)24-20)22(26)23-16-6-3-5-15(12-16)14(2)25/h3-8,12-13,24H,9-11H2,1-2H3,(H,23,26). The van der Waals surface area contributed by atoms with Crippen LogP contribution in [-0.4, -0.2) is 16.7 Å². The van der Waals surface area contributed by atoms with Crippen molar-refractivity contribution in [3.63, 3.8) is 0 Å². The highest BCUT2D eigenvalue weighted by Gasteiger charge is 2.22. The largest absolute Gasteiger partial charge is 0.358 e. The van der Waals surface area contributed by atoms with Gasteiger partial charge in [-0.2, -0.15) is 0 Å². The van der Waals surface area contributed by atoms with Gasteiger partial charge in [-0.15, -0.1) is 0 Å². The van der Waals surface area contributed by atoms with Gasteiger partial charge in [-0.25, -0.2) is 0 Å². The number of para-hydroxylation sites is 1. The summed E-state index contributed by atoms with van der Waals surface area (Å²) in [6, 6.07) is 12.9. The van der Waals surface area contributed by atoms with Gasteiger partial charge in [0.25, 0.3) is 5.91 Å². The fraction of sp³-hybridized carbons (Fsp3) is 0.273. The Morgan fingerprint density at radius 2 is 1.96 bits per heavy atom. The monoisotopic (exact) mass is 346 g/mol. The summed E-state index contributed by atoms with van der Waals surface area (Å²) < 4.78 is 0. The minimum atomic E-state index is -0.164. The fourth-order valence-electron chi connectivity index (χ4n) is 3.82. The number of carbonyl (C=O) groups is 2. The third-order valence-corrected chi connectivity index (χ3v) is 5.24. The zero-order valence-electron chi connectivity index (χ0n) is 15.1. The third kappa shape index (κ3) is 2.92. The number of aryl methyl sites for hydroxylation is 1. The Bertz CT molecular complexity index is 1020. The maximum atomic E-state index is 12.9. The lowest BCUT2D eigenvalue weighted by molar-refractivity contribution is 0.101. The molecule has 0 bridgehead atoms. The molecule has 1 unspecified atom stereocenters. The van der Waals surface area contributed by atoms with Crippen LogP contribution in [0.5, 0.6) is 0 Å². The minimum absolute atomic E-state index is 0.0191. The molecule has 26 heavy (non-hydrogen) atoms. The highest BCUT2D eigenvalue weighted by Crippen LogP contribution is 2.33. The van der Waals surface area contributed by atoms with Crippen LogP contribution in [0.1, 0.15) is 52.2 Å². The number of hydrogen-bond donors (Lipinski definition) is 2. The van der Waals surface area contributed by atoms with Crippen LogP contribution in [-0.2, 0) is 12.8 Å². The summed E-state index contributed by atoms with van der Waals surface area (Å²) in [5.41, 5.74) is 5.38. The van der Waals surface area contributed by atoms with Crippen molar-refractivity contribution in [1.82, 2.24) is 4.98 Å². The van der Waals surface area contributed by atoms with Crippen LogP contribution < -0.4 is 5.32 Å². The van der Waals surface area contributed by atoms with Crippen LogP contribution in [0.25, 0.3) is 10.9 Å². The number of amides is 1. The second kappa shape index (κ2) is 6.45. The first-order chi connectivity index (χ1) is 12.5. The fourth-order valence-corrected chi connectivity index (χ4v) is 3.82. The van der Waals surface area contributed by atoms with Crippen molar-refractivity contribution in [2.24, 2.45) is 5.92 Å². The van der Waals surface area contributed by atoms with Crippen molar-refractivity contribution in [1.29, 1.82) is 0 Å². The summed E-state index contributed by atoms with van der Waals surface area (Å²) in [5, 5.41) is 4.07. The molecular formula is C22H22N2O2.